The molecule has 0 aliphatic heterocycles. The third-order valence-electron chi connectivity index (χ3n) is 3.06. The number of benzene rings is 2. The fourth-order valence-corrected chi connectivity index (χ4v) is 2.13. The van der Waals surface area contributed by atoms with Crippen molar-refractivity contribution in [3.8, 4) is 11.3 Å². The number of carbonyl (C=O) groups is 1. The lowest BCUT2D eigenvalue weighted by Gasteiger charge is -2.06. The number of fused-ring (bicyclic) bond motifs is 1. The van der Waals surface area contributed by atoms with Gasteiger partial charge in [-0.05, 0) is 23.6 Å². The molecule has 0 saturated heterocycles. The number of nitrogens with zero attached hydrogens (tertiary/aromatic N) is 1. The molecule has 1 heterocycles. The van der Waals surface area contributed by atoms with E-state index in [1.165, 1.54) is 0 Å². The predicted molar refractivity (Wildman–Crippen MR) is 81.4 cm³/mol. The van der Waals surface area contributed by atoms with Gasteiger partial charge < -0.3 is 5.11 Å². The number of hydrogen-bond acceptors (Lipinski definition) is 2. The molecule has 3 aromatic rings. The Morgan fingerprint density at radius 2 is 1.75 bits per heavy atom. The zero-order chi connectivity index (χ0) is 13.2. The van der Waals surface area contributed by atoms with Gasteiger partial charge in [0.1, 0.15) is 0 Å². The van der Waals surface area contributed by atoms with Crippen molar-refractivity contribution in [2.75, 3.05) is 0 Å². The lowest BCUT2D eigenvalue weighted by atomic mass is 10.0. The molecule has 0 amide bonds. The van der Waals surface area contributed by atoms with Gasteiger partial charge in [0.05, 0.1) is 11.3 Å². The van der Waals surface area contributed by atoms with Gasteiger partial charge in [-0.3, -0.25) is 4.98 Å². The fraction of sp³-hybridized carbons (Fsp3) is 0. The summed E-state index contributed by atoms with van der Waals surface area (Å²) in [5, 5.41) is 10.9. The van der Waals surface area contributed by atoms with Gasteiger partial charge in [0.25, 0.3) is 0 Å². The number of halogens is 1. The summed E-state index contributed by atoms with van der Waals surface area (Å²) in [5.41, 5.74) is 2.06. The minimum atomic E-state index is -0.926. The third kappa shape index (κ3) is 2.49. The van der Waals surface area contributed by atoms with Crippen molar-refractivity contribution in [3.63, 3.8) is 0 Å². The van der Waals surface area contributed by atoms with Gasteiger partial charge in [0.2, 0.25) is 0 Å². The third-order valence-corrected chi connectivity index (χ3v) is 3.06. The number of carboxylic acid groups (broad SMARTS) is 1. The Labute approximate surface area is 122 Å². The van der Waals surface area contributed by atoms with Crippen molar-refractivity contribution < 1.29 is 9.90 Å². The fourth-order valence-electron chi connectivity index (χ4n) is 2.13. The molecule has 2 aromatic carbocycles. The Morgan fingerprint density at radius 3 is 2.45 bits per heavy atom. The van der Waals surface area contributed by atoms with E-state index < -0.39 is 5.97 Å². The summed E-state index contributed by atoms with van der Waals surface area (Å²) in [4.78, 5) is 15.5. The highest BCUT2D eigenvalue weighted by atomic mass is 35.5. The monoisotopic (exact) mass is 285 g/mol. The molecule has 0 bridgehead atoms. The summed E-state index contributed by atoms with van der Waals surface area (Å²) in [6.45, 7) is 0. The van der Waals surface area contributed by atoms with Crippen molar-refractivity contribution in [2.24, 2.45) is 0 Å². The van der Waals surface area contributed by atoms with Crippen LogP contribution in [0.5, 0.6) is 0 Å². The van der Waals surface area contributed by atoms with Crippen LogP contribution in [0.15, 0.2) is 60.8 Å². The second kappa shape index (κ2) is 5.72. The average Bonchev–Trinajstić information content (AvgIpc) is 2.47. The molecular formula is C16H12ClNO2. The molecule has 3 rings (SSSR count). The Balaban J connectivity index is 0.00000147. The van der Waals surface area contributed by atoms with Crippen LogP contribution in [0.4, 0.5) is 0 Å². The first-order chi connectivity index (χ1) is 9.25. The van der Waals surface area contributed by atoms with E-state index in [4.69, 9.17) is 5.11 Å². The van der Waals surface area contributed by atoms with E-state index >= 15 is 0 Å². The van der Waals surface area contributed by atoms with Gasteiger partial charge in [-0.1, -0.05) is 36.4 Å². The highest BCUT2D eigenvalue weighted by Crippen LogP contribution is 2.27. The maximum absolute atomic E-state index is 11.1. The van der Waals surface area contributed by atoms with Gasteiger partial charge >= 0.3 is 5.97 Å². The Kier molecular flexibility index (Phi) is 4.01. The van der Waals surface area contributed by atoms with Gasteiger partial charge in [-0.2, -0.15) is 0 Å². The molecule has 3 nitrogen and oxygen atoms in total. The maximum atomic E-state index is 11.1. The number of carboxylic acids is 1. The largest absolute Gasteiger partial charge is 0.478 e. The molecule has 0 spiro atoms. The van der Waals surface area contributed by atoms with E-state index in [1.54, 1.807) is 18.3 Å². The zero-order valence-corrected chi connectivity index (χ0v) is 11.3. The topological polar surface area (TPSA) is 50.2 Å². The van der Waals surface area contributed by atoms with Crippen molar-refractivity contribution in [1.29, 1.82) is 0 Å². The second-order valence-electron chi connectivity index (χ2n) is 4.27. The van der Waals surface area contributed by atoms with Gasteiger partial charge in [-0.25, -0.2) is 4.79 Å². The van der Waals surface area contributed by atoms with E-state index in [9.17, 15) is 4.79 Å². The number of rotatable bonds is 2. The van der Waals surface area contributed by atoms with E-state index in [0.29, 0.717) is 0 Å². The Morgan fingerprint density at radius 1 is 1.00 bits per heavy atom. The van der Waals surface area contributed by atoms with Gasteiger partial charge in [0.15, 0.2) is 0 Å². The molecule has 1 N–H and O–H groups in total. The van der Waals surface area contributed by atoms with Crippen LogP contribution < -0.4 is 0 Å². The second-order valence-corrected chi connectivity index (χ2v) is 4.27. The quantitative estimate of drug-likeness (QED) is 0.773. The first kappa shape index (κ1) is 14.0. The lowest BCUT2D eigenvalue weighted by Crippen LogP contribution is -1.96. The molecule has 4 heteroatoms. The lowest BCUT2D eigenvalue weighted by molar-refractivity contribution is 0.0697. The van der Waals surface area contributed by atoms with Crippen LogP contribution >= 0.6 is 12.4 Å². The summed E-state index contributed by atoms with van der Waals surface area (Å²) in [6.07, 6.45) is 1.74. The molecule has 0 atom stereocenters. The SMILES string of the molecule is Cl.O=C(O)c1ccc2ccnc(-c3ccccc3)c2c1. The summed E-state index contributed by atoms with van der Waals surface area (Å²) in [7, 11) is 0. The van der Waals surface area contributed by atoms with E-state index in [0.717, 1.165) is 22.0 Å². The Hall–Kier alpha value is -2.39. The molecular weight excluding hydrogens is 274 g/mol. The molecule has 20 heavy (non-hydrogen) atoms. The van der Waals surface area contributed by atoms with Crippen molar-refractivity contribution in [2.45, 2.75) is 0 Å². The van der Waals surface area contributed by atoms with Crippen molar-refractivity contribution in [1.82, 2.24) is 4.98 Å². The van der Waals surface area contributed by atoms with E-state index in [1.807, 2.05) is 42.5 Å². The summed E-state index contributed by atoms with van der Waals surface area (Å²) >= 11 is 0. The smallest absolute Gasteiger partial charge is 0.335 e. The average molecular weight is 286 g/mol. The zero-order valence-electron chi connectivity index (χ0n) is 10.5. The van der Waals surface area contributed by atoms with Crippen molar-refractivity contribution in [3.05, 3.63) is 66.4 Å². The first-order valence-electron chi connectivity index (χ1n) is 5.93. The molecule has 0 radical (unpaired) electrons. The highest BCUT2D eigenvalue weighted by molar-refractivity contribution is 5.99. The summed E-state index contributed by atoms with van der Waals surface area (Å²) < 4.78 is 0. The van der Waals surface area contributed by atoms with Crippen LogP contribution in [0.2, 0.25) is 0 Å². The molecule has 0 saturated carbocycles. The molecule has 0 unspecified atom stereocenters. The molecule has 0 aliphatic carbocycles. The first-order valence-corrected chi connectivity index (χ1v) is 5.93. The maximum Gasteiger partial charge on any atom is 0.335 e. The van der Waals surface area contributed by atoms with Crippen LogP contribution in [0.3, 0.4) is 0 Å². The number of aromatic carboxylic acids is 1. The van der Waals surface area contributed by atoms with Gasteiger partial charge in [0, 0.05) is 17.1 Å². The van der Waals surface area contributed by atoms with Crippen LogP contribution in [0, 0.1) is 0 Å². The number of pyridine rings is 1. The molecule has 100 valence electrons. The normalized spacial score (nSPS) is 10.0. The molecule has 0 aliphatic rings. The minimum absolute atomic E-state index is 0. The number of hydrogen-bond donors (Lipinski definition) is 1. The van der Waals surface area contributed by atoms with Crippen LogP contribution in [0.1, 0.15) is 10.4 Å². The molecule has 1 aromatic heterocycles. The van der Waals surface area contributed by atoms with Gasteiger partial charge in [-0.15, -0.1) is 12.4 Å². The summed E-state index contributed by atoms with van der Waals surface area (Å²) in [5.74, 6) is -0.926. The minimum Gasteiger partial charge on any atom is -0.478 e. The van der Waals surface area contributed by atoms with Crippen LogP contribution in [0.25, 0.3) is 22.0 Å². The number of aromatic nitrogens is 1. The van der Waals surface area contributed by atoms with E-state index in [-0.39, 0.29) is 18.0 Å². The Bertz CT molecular complexity index is 757. The standard InChI is InChI=1S/C16H11NO2.ClH/c18-16(19)13-7-6-11-8-9-17-15(14(11)10-13)12-4-2-1-3-5-12;/h1-10H,(H,18,19);1H. The van der Waals surface area contributed by atoms with Crippen LogP contribution in [-0.4, -0.2) is 16.1 Å². The molecule has 0 fully saturated rings. The van der Waals surface area contributed by atoms with E-state index in [2.05, 4.69) is 4.98 Å². The summed E-state index contributed by atoms with van der Waals surface area (Å²) in [6, 6.07) is 16.7. The van der Waals surface area contributed by atoms with Crippen LogP contribution in [-0.2, 0) is 0 Å². The van der Waals surface area contributed by atoms with Crippen molar-refractivity contribution >= 4 is 29.1 Å². The highest BCUT2D eigenvalue weighted by Gasteiger charge is 2.08. The predicted octanol–water partition coefficient (Wildman–Crippen LogP) is 4.02.